The van der Waals surface area contributed by atoms with Gasteiger partial charge in [0.25, 0.3) is 0 Å². The number of nitrogens with zero attached hydrogens (tertiary/aromatic N) is 2. The molecule has 0 spiro atoms. The Labute approximate surface area is 174 Å². The Morgan fingerprint density at radius 2 is 2.07 bits per heavy atom. The molecule has 8 heteroatoms. The number of anilines is 2. The molecular weight excluding hydrogens is 449 g/mol. The number of carbonyl (C=O) groups excluding carboxylic acids is 1. The maximum Gasteiger partial charge on any atom is 0.159 e. The predicted molar refractivity (Wildman–Crippen MR) is 112 cm³/mol. The number of ketones is 1. The topological polar surface area (TPSA) is 75.1 Å². The van der Waals surface area contributed by atoms with Gasteiger partial charge in [0.1, 0.15) is 18.0 Å². The van der Waals surface area contributed by atoms with Crippen LogP contribution in [0, 0.1) is 5.82 Å². The molecule has 5 nitrogen and oxygen atoms in total. The monoisotopic (exact) mass is 463 g/mol. The van der Waals surface area contributed by atoms with Crippen molar-refractivity contribution in [3.05, 3.63) is 70.8 Å². The largest absolute Gasteiger partial charge is 0.392 e. The van der Waals surface area contributed by atoms with Crippen molar-refractivity contribution < 1.29 is 14.3 Å². The highest BCUT2D eigenvalue weighted by atomic mass is 79.9. The predicted octanol–water partition coefficient (Wildman–Crippen LogP) is 4.72. The van der Waals surface area contributed by atoms with Crippen LogP contribution in [0.2, 0.25) is 5.02 Å². The summed E-state index contributed by atoms with van der Waals surface area (Å²) in [6, 6.07) is 7.79. The molecule has 2 N–H and O–H groups in total. The normalized spacial score (nSPS) is 11.3. The van der Waals surface area contributed by atoms with E-state index in [4.69, 9.17) is 11.6 Å². The lowest BCUT2D eigenvalue weighted by atomic mass is 9.99. The van der Waals surface area contributed by atoms with Crippen molar-refractivity contribution in [3.8, 4) is 0 Å². The minimum absolute atomic E-state index is 0.00390. The van der Waals surface area contributed by atoms with E-state index in [1.165, 1.54) is 24.5 Å². The second-order valence-electron chi connectivity index (χ2n) is 5.97. The molecule has 1 heterocycles. The maximum atomic E-state index is 13.4. The van der Waals surface area contributed by atoms with Gasteiger partial charge >= 0.3 is 0 Å². The number of hydrogen-bond donors (Lipinski definition) is 2. The fraction of sp³-hybridized carbons (Fsp3) is 0.150. The highest BCUT2D eigenvalue weighted by Gasteiger charge is 2.12. The van der Waals surface area contributed by atoms with Crippen molar-refractivity contribution in [2.75, 3.05) is 10.6 Å². The average Bonchev–Trinajstić information content (AvgIpc) is 2.69. The zero-order chi connectivity index (χ0) is 20.1. The molecule has 0 aliphatic rings. The third kappa shape index (κ3) is 4.73. The lowest BCUT2D eigenvalue weighted by Crippen LogP contribution is -2.04. The van der Waals surface area contributed by atoms with Crippen LogP contribution in [0.3, 0.4) is 0 Å². The standard InChI is InChI=1S/C20H16BrClFN3O2/c21-5-1-2-15(28)6-12-7-16-19(8-13(12)10-27)24-11-25-20(16)26-14-3-4-18(23)17(22)9-14/h1-4,7-9,11,27H,5-6,10H2,(H,24,25,26)/b2-1+. The van der Waals surface area contributed by atoms with E-state index in [0.29, 0.717) is 38.9 Å². The van der Waals surface area contributed by atoms with Crippen molar-refractivity contribution in [1.82, 2.24) is 9.97 Å². The van der Waals surface area contributed by atoms with Crippen molar-refractivity contribution >= 4 is 55.7 Å². The minimum Gasteiger partial charge on any atom is -0.392 e. The third-order valence-corrected chi connectivity index (χ3v) is 4.73. The Morgan fingerprint density at radius 3 is 2.79 bits per heavy atom. The van der Waals surface area contributed by atoms with Gasteiger partial charge < -0.3 is 10.4 Å². The van der Waals surface area contributed by atoms with Gasteiger partial charge in [0.15, 0.2) is 5.78 Å². The van der Waals surface area contributed by atoms with Crippen LogP contribution in [0.5, 0.6) is 0 Å². The second-order valence-corrected chi connectivity index (χ2v) is 7.03. The molecule has 0 saturated heterocycles. The zero-order valence-corrected chi connectivity index (χ0v) is 17.0. The molecule has 28 heavy (non-hydrogen) atoms. The SMILES string of the molecule is O=C(/C=C/CBr)Cc1cc2c(Nc3ccc(F)c(Cl)c3)ncnc2cc1CO. The molecule has 0 aliphatic carbocycles. The van der Waals surface area contributed by atoms with Crippen molar-refractivity contribution in [2.45, 2.75) is 13.0 Å². The van der Waals surface area contributed by atoms with Crippen LogP contribution in [-0.4, -0.2) is 26.2 Å². The summed E-state index contributed by atoms with van der Waals surface area (Å²) in [5.41, 5.74) is 2.49. The Morgan fingerprint density at radius 1 is 1.25 bits per heavy atom. The molecule has 0 amide bonds. The lowest BCUT2D eigenvalue weighted by Gasteiger charge is -2.12. The summed E-state index contributed by atoms with van der Waals surface area (Å²) in [6.07, 6.45) is 4.75. The first kappa shape index (κ1) is 20.4. The number of hydrogen-bond acceptors (Lipinski definition) is 5. The molecule has 1 aromatic heterocycles. The summed E-state index contributed by atoms with van der Waals surface area (Å²) in [7, 11) is 0. The van der Waals surface area contributed by atoms with Crippen LogP contribution in [-0.2, 0) is 17.8 Å². The number of rotatable bonds is 7. The molecule has 0 aliphatic heterocycles. The number of aliphatic hydroxyl groups excluding tert-OH is 1. The molecule has 0 saturated carbocycles. The quantitative estimate of drug-likeness (QED) is 0.391. The van der Waals surface area contributed by atoms with E-state index in [2.05, 4.69) is 31.2 Å². The molecule has 144 valence electrons. The fourth-order valence-corrected chi connectivity index (χ4v) is 3.10. The van der Waals surface area contributed by atoms with Crippen LogP contribution in [0.1, 0.15) is 11.1 Å². The number of fused-ring (bicyclic) bond motifs is 1. The van der Waals surface area contributed by atoms with Gasteiger partial charge in [-0.05, 0) is 47.5 Å². The number of aliphatic hydroxyl groups is 1. The molecule has 3 rings (SSSR count). The van der Waals surface area contributed by atoms with Gasteiger partial charge in [0.05, 0.1) is 17.1 Å². The van der Waals surface area contributed by atoms with E-state index in [9.17, 15) is 14.3 Å². The molecule has 0 fully saturated rings. The summed E-state index contributed by atoms with van der Waals surface area (Å²) >= 11 is 9.08. The Hall–Kier alpha value is -2.35. The number of alkyl halides is 1. The first-order valence-electron chi connectivity index (χ1n) is 8.36. The van der Waals surface area contributed by atoms with Crippen molar-refractivity contribution in [2.24, 2.45) is 0 Å². The van der Waals surface area contributed by atoms with Crippen LogP contribution in [0.4, 0.5) is 15.9 Å². The smallest absolute Gasteiger partial charge is 0.159 e. The summed E-state index contributed by atoms with van der Waals surface area (Å²) in [5, 5.41) is 14.0. The van der Waals surface area contributed by atoms with E-state index in [1.807, 2.05) is 0 Å². The first-order chi connectivity index (χ1) is 13.5. The lowest BCUT2D eigenvalue weighted by molar-refractivity contribution is -0.114. The Kier molecular flexibility index (Phi) is 6.72. The van der Waals surface area contributed by atoms with Gasteiger partial charge in [-0.3, -0.25) is 4.79 Å². The summed E-state index contributed by atoms with van der Waals surface area (Å²) < 4.78 is 13.4. The maximum absolute atomic E-state index is 13.4. The van der Waals surface area contributed by atoms with Gasteiger partial charge in [-0.15, -0.1) is 0 Å². The number of halogens is 3. The molecule has 0 bridgehead atoms. The highest BCUT2D eigenvalue weighted by molar-refractivity contribution is 9.09. The summed E-state index contributed by atoms with van der Waals surface area (Å²) in [4.78, 5) is 20.6. The van der Waals surface area contributed by atoms with E-state index in [-0.39, 0.29) is 23.8 Å². The molecule has 0 radical (unpaired) electrons. The van der Waals surface area contributed by atoms with Crippen LogP contribution in [0.15, 0.2) is 48.8 Å². The Bertz CT molecular complexity index is 1060. The van der Waals surface area contributed by atoms with E-state index in [1.54, 1.807) is 24.3 Å². The minimum atomic E-state index is -0.510. The van der Waals surface area contributed by atoms with Gasteiger partial charge in [0.2, 0.25) is 0 Å². The number of benzene rings is 2. The number of carbonyl (C=O) groups is 1. The number of aromatic nitrogens is 2. The fourth-order valence-electron chi connectivity index (χ4n) is 2.74. The van der Waals surface area contributed by atoms with E-state index >= 15 is 0 Å². The van der Waals surface area contributed by atoms with Crippen LogP contribution >= 0.6 is 27.5 Å². The third-order valence-electron chi connectivity index (χ3n) is 4.07. The van der Waals surface area contributed by atoms with Gasteiger partial charge in [-0.1, -0.05) is 33.6 Å². The van der Waals surface area contributed by atoms with Crippen molar-refractivity contribution in [1.29, 1.82) is 0 Å². The van der Waals surface area contributed by atoms with Crippen LogP contribution in [0.25, 0.3) is 10.9 Å². The van der Waals surface area contributed by atoms with Crippen LogP contribution < -0.4 is 5.32 Å². The average molecular weight is 465 g/mol. The molecule has 0 atom stereocenters. The Balaban J connectivity index is 2.01. The molecule has 3 aromatic rings. The second kappa shape index (κ2) is 9.23. The van der Waals surface area contributed by atoms with E-state index < -0.39 is 5.82 Å². The molecular formula is C20H16BrClFN3O2. The van der Waals surface area contributed by atoms with E-state index in [0.717, 1.165) is 0 Å². The number of nitrogens with one attached hydrogen (secondary N) is 1. The molecule has 2 aromatic carbocycles. The zero-order valence-electron chi connectivity index (χ0n) is 14.6. The number of allylic oxidation sites excluding steroid dienone is 2. The highest BCUT2D eigenvalue weighted by Crippen LogP contribution is 2.28. The summed E-state index contributed by atoms with van der Waals surface area (Å²) in [5.74, 6) is -0.100. The van der Waals surface area contributed by atoms with Gasteiger partial charge in [0, 0.05) is 22.8 Å². The summed E-state index contributed by atoms with van der Waals surface area (Å²) in [6.45, 7) is -0.207. The first-order valence-corrected chi connectivity index (χ1v) is 9.86. The molecule has 0 unspecified atom stereocenters. The van der Waals surface area contributed by atoms with Gasteiger partial charge in [-0.2, -0.15) is 0 Å². The van der Waals surface area contributed by atoms with Gasteiger partial charge in [-0.25, -0.2) is 14.4 Å². The van der Waals surface area contributed by atoms with Crippen molar-refractivity contribution in [3.63, 3.8) is 0 Å².